The highest BCUT2D eigenvalue weighted by Crippen LogP contribution is 2.31. The van der Waals surface area contributed by atoms with Crippen LogP contribution in [0.15, 0.2) is 140 Å². The highest BCUT2D eigenvalue weighted by atomic mass is 15.0. The van der Waals surface area contributed by atoms with Gasteiger partial charge >= 0.3 is 0 Å². The molecule has 0 N–H and O–H groups in total. The summed E-state index contributed by atoms with van der Waals surface area (Å²) in [6, 6.07) is 48.4. The average molecular weight is 398 g/mol. The largest absolute Gasteiger partial charge is 0.309 e. The molecule has 1 aromatic heterocycles. The van der Waals surface area contributed by atoms with Gasteiger partial charge in [-0.25, -0.2) is 0 Å². The second-order valence-electron chi connectivity index (χ2n) is 7.44. The molecule has 0 aliphatic heterocycles. The van der Waals surface area contributed by atoms with E-state index < -0.39 is 0 Å². The fraction of sp³-hybridized carbons (Fsp3) is 0. The minimum atomic E-state index is 1.21. The molecule has 148 valence electrons. The first kappa shape index (κ1) is 18.9. The SMILES string of the molecule is c1ccc(-c2ccccc2)cc1.c1ccc(-n2c3ccccc3c3ccccc32)cc1. The Labute approximate surface area is 182 Å². The van der Waals surface area contributed by atoms with E-state index in [1.807, 2.05) is 12.1 Å². The van der Waals surface area contributed by atoms with Crippen molar-refractivity contribution in [1.82, 2.24) is 4.57 Å². The molecule has 1 heteroatoms. The van der Waals surface area contributed by atoms with Crippen molar-refractivity contribution in [2.45, 2.75) is 0 Å². The van der Waals surface area contributed by atoms with E-state index >= 15 is 0 Å². The Morgan fingerprint density at radius 1 is 0.323 bits per heavy atom. The molecule has 31 heavy (non-hydrogen) atoms. The van der Waals surface area contributed by atoms with Crippen LogP contribution in [-0.2, 0) is 0 Å². The van der Waals surface area contributed by atoms with Gasteiger partial charge in [0.1, 0.15) is 0 Å². The molecule has 0 saturated carbocycles. The van der Waals surface area contributed by atoms with Crippen molar-refractivity contribution in [1.29, 1.82) is 0 Å². The lowest BCUT2D eigenvalue weighted by Gasteiger charge is -2.06. The molecule has 0 aliphatic carbocycles. The Morgan fingerprint density at radius 2 is 0.677 bits per heavy atom. The second-order valence-corrected chi connectivity index (χ2v) is 7.44. The van der Waals surface area contributed by atoms with Gasteiger partial charge < -0.3 is 4.57 Å². The Morgan fingerprint density at radius 3 is 1.13 bits per heavy atom. The smallest absolute Gasteiger partial charge is 0.0541 e. The molecule has 6 rings (SSSR count). The van der Waals surface area contributed by atoms with Crippen LogP contribution in [0.2, 0.25) is 0 Å². The molecule has 1 heterocycles. The van der Waals surface area contributed by atoms with Gasteiger partial charge in [0, 0.05) is 16.5 Å². The molecule has 0 amide bonds. The third kappa shape index (κ3) is 3.86. The monoisotopic (exact) mass is 397 g/mol. The van der Waals surface area contributed by atoms with E-state index in [4.69, 9.17) is 0 Å². The van der Waals surface area contributed by atoms with Crippen molar-refractivity contribution in [2.75, 3.05) is 0 Å². The second kappa shape index (κ2) is 8.73. The zero-order chi connectivity index (χ0) is 20.9. The van der Waals surface area contributed by atoms with Crippen LogP contribution in [0.5, 0.6) is 0 Å². The van der Waals surface area contributed by atoms with Crippen LogP contribution in [-0.4, -0.2) is 4.57 Å². The van der Waals surface area contributed by atoms with Gasteiger partial charge in [-0.1, -0.05) is 115 Å². The standard InChI is InChI=1S/C18H13N.C12H10/c1-2-8-14(9-3-1)19-17-12-6-4-10-15(17)16-11-5-7-13-18(16)19;1-3-7-11(8-4-1)12-9-5-2-6-10-12/h1-13H;1-10H. The highest BCUT2D eigenvalue weighted by molar-refractivity contribution is 6.09. The summed E-state index contributed by atoms with van der Waals surface area (Å²) in [5.41, 5.74) is 6.28. The quantitative estimate of drug-likeness (QED) is 0.278. The number of fused-ring (bicyclic) bond motifs is 3. The summed E-state index contributed by atoms with van der Waals surface area (Å²) in [6.07, 6.45) is 0. The summed E-state index contributed by atoms with van der Waals surface area (Å²) in [5.74, 6) is 0. The third-order valence-electron chi connectivity index (χ3n) is 5.48. The molecule has 0 aliphatic rings. The van der Waals surface area contributed by atoms with Crippen LogP contribution in [0.3, 0.4) is 0 Å². The lowest BCUT2D eigenvalue weighted by atomic mass is 10.1. The first-order chi connectivity index (χ1) is 15.4. The van der Waals surface area contributed by atoms with Gasteiger partial charge in [-0.05, 0) is 35.4 Å². The number of hydrogen-bond acceptors (Lipinski definition) is 0. The summed E-state index contributed by atoms with van der Waals surface area (Å²) in [4.78, 5) is 0. The fourth-order valence-corrected chi connectivity index (χ4v) is 4.04. The Kier molecular flexibility index (Phi) is 5.32. The van der Waals surface area contributed by atoms with Gasteiger partial charge in [0.05, 0.1) is 11.0 Å². The van der Waals surface area contributed by atoms with Crippen LogP contribution in [0.4, 0.5) is 0 Å². The minimum absolute atomic E-state index is 1.21. The lowest BCUT2D eigenvalue weighted by molar-refractivity contribution is 1.18. The summed E-state index contributed by atoms with van der Waals surface area (Å²) in [5, 5.41) is 2.61. The van der Waals surface area contributed by atoms with Crippen LogP contribution in [0.1, 0.15) is 0 Å². The van der Waals surface area contributed by atoms with Crippen molar-refractivity contribution in [2.24, 2.45) is 0 Å². The molecule has 6 aromatic rings. The number of hydrogen-bond donors (Lipinski definition) is 0. The molecule has 0 atom stereocenters. The van der Waals surface area contributed by atoms with Crippen LogP contribution in [0, 0.1) is 0 Å². The van der Waals surface area contributed by atoms with E-state index in [0.29, 0.717) is 0 Å². The molecule has 0 saturated heterocycles. The zero-order valence-corrected chi connectivity index (χ0v) is 17.2. The number of nitrogens with zero attached hydrogens (tertiary/aromatic N) is 1. The van der Waals surface area contributed by atoms with Crippen molar-refractivity contribution < 1.29 is 0 Å². The topological polar surface area (TPSA) is 4.93 Å². The molecule has 0 unspecified atom stereocenters. The molecule has 0 fully saturated rings. The predicted octanol–water partition coefficient (Wildman–Crippen LogP) is 8.14. The number of rotatable bonds is 2. The van der Waals surface area contributed by atoms with E-state index in [1.54, 1.807) is 0 Å². The summed E-state index contributed by atoms with van der Waals surface area (Å²) < 4.78 is 2.32. The Bertz CT molecular complexity index is 1310. The number of benzene rings is 5. The van der Waals surface area contributed by atoms with E-state index in [0.717, 1.165) is 0 Å². The van der Waals surface area contributed by atoms with E-state index in [9.17, 15) is 0 Å². The number of para-hydroxylation sites is 3. The predicted molar refractivity (Wildman–Crippen MR) is 133 cm³/mol. The average Bonchev–Trinajstić information content (AvgIpc) is 3.21. The molecule has 1 nitrogen and oxygen atoms in total. The van der Waals surface area contributed by atoms with Crippen molar-refractivity contribution in [3.63, 3.8) is 0 Å². The first-order valence-corrected chi connectivity index (χ1v) is 10.6. The van der Waals surface area contributed by atoms with Crippen LogP contribution in [0.25, 0.3) is 38.6 Å². The van der Waals surface area contributed by atoms with Crippen molar-refractivity contribution >= 4 is 21.8 Å². The molecular formula is C30H23N. The first-order valence-electron chi connectivity index (χ1n) is 10.6. The van der Waals surface area contributed by atoms with Gasteiger partial charge in [-0.15, -0.1) is 0 Å². The maximum absolute atomic E-state index is 2.32. The van der Waals surface area contributed by atoms with Gasteiger partial charge in [-0.3, -0.25) is 0 Å². The van der Waals surface area contributed by atoms with Crippen molar-refractivity contribution in [3.8, 4) is 16.8 Å². The lowest BCUT2D eigenvalue weighted by Crippen LogP contribution is -1.92. The summed E-state index contributed by atoms with van der Waals surface area (Å²) in [6.45, 7) is 0. The van der Waals surface area contributed by atoms with E-state index in [2.05, 4.69) is 132 Å². The van der Waals surface area contributed by atoms with Crippen LogP contribution >= 0.6 is 0 Å². The third-order valence-corrected chi connectivity index (χ3v) is 5.48. The minimum Gasteiger partial charge on any atom is -0.309 e. The Balaban J connectivity index is 0.000000147. The zero-order valence-electron chi connectivity index (χ0n) is 17.2. The number of aromatic nitrogens is 1. The normalized spacial score (nSPS) is 10.6. The molecule has 0 bridgehead atoms. The van der Waals surface area contributed by atoms with Gasteiger partial charge in [-0.2, -0.15) is 0 Å². The molecular weight excluding hydrogens is 374 g/mol. The molecule has 5 aromatic carbocycles. The fourth-order valence-electron chi connectivity index (χ4n) is 4.04. The van der Waals surface area contributed by atoms with Crippen molar-refractivity contribution in [3.05, 3.63) is 140 Å². The van der Waals surface area contributed by atoms with Crippen LogP contribution < -0.4 is 0 Å². The van der Waals surface area contributed by atoms with Gasteiger partial charge in [0.2, 0.25) is 0 Å². The van der Waals surface area contributed by atoms with Gasteiger partial charge in [0.15, 0.2) is 0 Å². The maximum atomic E-state index is 2.32. The summed E-state index contributed by atoms with van der Waals surface area (Å²) in [7, 11) is 0. The molecule has 0 radical (unpaired) electrons. The van der Waals surface area contributed by atoms with E-state index in [-0.39, 0.29) is 0 Å². The maximum Gasteiger partial charge on any atom is 0.0541 e. The van der Waals surface area contributed by atoms with E-state index in [1.165, 1.54) is 38.6 Å². The highest BCUT2D eigenvalue weighted by Gasteiger charge is 2.10. The summed E-state index contributed by atoms with van der Waals surface area (Å²) >= 11 is 0. The Hall–Kier alpha value is -4.10. The van der Waals surface area contributed by atoms with Gasteiger partial charge in [0.25, 0.3) is 0 Å². The molecule has 0 spiro atoms.